The Balaban J connectivity index is 2.48. The van der Waals surface area contributed by atoms with Gasteiger partial charge in [-0.3, -0.25) is 0 Å². The monoisotopic (exact) mass is 317 g/mol. The summed E-state index contributed by atoms with van der Waals surface area (Å²) in [4.78, 5) is 0. The fraction of sp³-hybridized carbons (Fsp3) is 0.300. The van der Waals surface area contributed by atoms with Crippen LogP contribution in [0.25, 0.3) is 0 Å². The predicted octanol–water partition coefficient (Wildman–Crippen LogP) is 1.28. The maximum Gasteiger partial charge on any atom is 0.208 e. The molecule has 0 aliphatic rings. The smallest absolute Gasteiger partial charge is 0.208 e. The number of sulfonamides is 1. The number of hydrogen-bond donors (Lipinski definition) is 2. The lowest BCUT2D eigenvalue weighted by Crippen LogP contribution is -2.27. The van der Waals surface area contributed by atoms with Crippen molar-refractivity contribution in [3.63, 3.8) is 0 Å². The van der Waals surface area contributed by atoms with Crippen molar-refractivity contribution in [2.75, 3.05) is 24.7 Å². The van der Waals surface area contributed by atoms with E-state index in [1.807, 2.05) is 6.07 Å². The van der Waals surface area contributed by atoms with E-state index in [0.717, 1.165) is 11.9 Å². The molecule has 0 heterocycles. The predicted molar refractivity (Wildman–Crippen MR) is 70.2 cm³/mol. The number of benzene rings is 1. The van der Waals surface area contributed by atoms with E-state index in [0.29, 0.717) is 23.1 Å². The van der Waals surface area contributed by atoms with Crippen LogP contribution in [0.15, 0.2) is 22.7 Å². The maximum atomic E-state index is 10.8. The van der Waals surface area contributed by atoms with E-state index in [2.05, 4.69) is 26.0 Å². The van der Waals surface area contributed by atoms with E-state index in [1.54, 1.807) is 18.2 Å². The Bertz CT molecular complexity index is 537. The second-order valence-electron chi connectivity index (χ2n) is 3.40. The summed E-state index contributed by atoms with van der Waals surface area (Å²) in [5.41, 5.74) is 1.39. The summed E-state index contributed by atoms with van der Waals surface area (Å²) in [7, 11) is -3.14. The summed E-state index contributed by atoms with van der Waals surface area (Å²) in [6.45, 7) is 0.794. The highest BCUT2D eigenvalue weighted by atomic mass is 79.9. The van der Waals surface area contributed by atoms with Crippen LogP contribution in [-0.4, -0.2) is 27.8 Å². The fourth-order valence-electron chi connectivity index (χ4n) is 1.16. The molecule has 0 unspecified atom stereocenters. The van der Waals surface area contributed by atoms with Crippen molar-refractivity contribution in [3.8, 4) is 6.07 Å². The van der Waals surface area contributed by atoms with E-state index < -0.39 is 10.0 Å². The van der Waals surface area contributed by atoms with Crippen LogP contribution in [0.5, 0.6) is 0 Å². The number of halogens is 1. The second kappa shape index (κ2) is 6.00. The Labute approximate surface area is 109 Å². The second-order valence-corrected chi connectivity index (χ2v) is 6.09. The minimum Gasteiger partial charge on any atom is -0.384 e. The molecule has 0 aliphatic carbocycles. The van der Waals surface area contributed by atoms with Gasteiger partial charge in [0.25, 0.3) is 0 Å². The lowest BCUT2D eigenvalue weighted by Gasteiger charge is -2.07. The Morgan fingerprint density at radius 2 is 2.12 bits per heavy atom. The zero-order chi connectivity index (χ0) is 12.9. The van der Waals surface area contributed by atoms with Crippen LogP contribution in [0, 0.1) is 11.3 Å². The minimum absolute atomic E-state index is 0.316. The highest BCUT2D eigenvalue weighted by molar-refractivity contribution is 9.10. The molecule has 92 valence electrons. The van der Waals surface area contributed by atoms with Crippen molar-refractivity contribution in [2.24, 2.45) is 0 Å². The molecule has 0 bridgehead atoms. The van der Waals surface area contributed by atoms with Gasteiger partial charge >= 0.3 is 0 Å². The van der Waals surface area contributed by atoms with Crippen LogP contribution in [0.1, 0.15) is 5.56 Å². The van der Waals surface area contributed by atoms with Gasteiger partial charge in [-0.1, -0.05) is 0 Å². The van der Waals surface area contributed by atoms with Gasteiger partial charge in [-0.25, -0.2) is 13.1 Å². The molecule has 0 atom stereocenters. The zero-order valence-corrected chi connectivity index (χ0v) is 11.6. The zero-order valence-electron chi connectivity index (χ0n) is 9.20. The van der Waals surface area contributed by atoms with E-state index in [4.69, 9.17) is 5.26 Å². The third-order valence-electron chi connectivity index (χ3n) is 1.91. The van der Waals surface area contributed by atoms with Gasteiger partial charge in [-0.2, -0.15) is 5.26 Å². The highest BCUT2D eigenvalue weighted by Crippen LogP contribution is 2.20. The Hall–Kier alpha value is -1.10. The summed E-state index contributed by atoms with van der Waals surface area (Å²) in [5.74, 6) is 0. The molecule has 2 N–H and O–H groups in total. The first-order chi connectivity index (χ1) is 7.92. The third-order valence-corrected chi connectivity index (χ3v) is 3.29. The van der Waals surface area contributed by atoms with E-state index in [-0.39, 0.29) is 0 Å². The van der Waals surface area contributed by atoms with Crippen molar-refractivity contribution < 1.29 is 8.42 Å². The molecule has 0 saturated heterocycles. The number of anilines is 1. The number of nitrogens with zero attached hydrogens (tertiary/aromatic N) is 1. The van der Waals surface area contributed by atoms with Gasteiger partial charge in [0.15, 0.2) is 0 Å². The molecule has 0 saturated carbocycles. The fourth-order valence-corrected chi connectivity index (χ4v) is 2.10. The average Bonchev–Trinajstić information content (AvgIpc) is 2.23. The number of nitriles is 1. The molecule has 0 amide bonds. The molecule has 5 nitrogen and oxygen atoms in total. The molecule has 0 fully saturated rings. The van der Waals surface area contributed by atoms with Gasteiger partial charge in [-0.05, 0) is 34.1 Å². The van der Waals surface area contributed by atoms with Crippen LogP contribution in [0.2, 0.25) is 0 Å². The number of nitrogens with one attached hydrogen (secondary N) is 2. The van der Waals surface area contributed by atoms with Crippen molar-refractivity contribution in [1.82, 2.24) is 4.72 Å². The average molecular weight is 318 g/mol. The van der Waals surface area contributed by atoms with Gasteiger partial charge in [0.2, 0.25) is 10.0 Å². The molecular weight excluding hydrogens is 306 g/mol. The first-order valence-corrected chi connectivity index (χ1v) is 7.49. The summed E-state index contributed by atoms with van der Waals surface area (Å²) in [6.07, 6.45) is 1.12. The Kier molecular flexibility index (Phi) is 4.93. The van der Waals surface area contributed by atoms with Gasteiger partial charge in [0, 0.05) is 23.2 Å². The lowest BCUT2D eigenvalue weighted by molar-refractivity contribution is 0.589. The molecule has 0 radical (unpaired) electrons. The van der Waals surface area contributed by atoms with E-state index in [9.17, 15) is 8.42 Å². The summed E-state index contributed by atoms with van der Waals surface area (Å²) >= 11 is 3.27. The van der Waals surface area contributed by atoms with Crippen LogP contribution in [-0.2, 0) is 10.0 Å². The topological polar surface area (TPSA) is 82.0 Å². The summed E-state index contributed by atoms with van der Waals surface area (Å²) in [5, 5.41) is 11.8. The van der Waals surface area contributed by atoms with Gasteiger partial charge < -0.3 is 5.32 Å². The largest absolute Gasteiger partial charge is 0.384 e. The van der Waals surface area contributed by atoms with Crippen molar-refractivity contribution in [2.45, 2.75) is 0 Å². The van der Waals surface area contributed by atoms with Crippen molar-refractivity contribution >= 4 is 31.6 Å². The molecule has 7 heteroatoms. The van der Waals surface area contributed by atoms with Crippen molar-refractivity contribution in [3.05, 3.63) is 28.2 Å². The lowest BCUT2D eigenvalue weighted by atomic mass is 10.2. The molecule has 1 aromatic rings. The third kappa shape index (κ3) is 5.17. The minimum atomic E-state index is -3.14. The van der Waals surface area contributed by atoms with Crippen LogP contribution in [0.4, 0.5) is 5.69 Å². The van der Waals surface area contributed by atoms with Gasteiger partial charge in [0.05, 0.1) is 11.8 Å². The maximum absolute atomic E-state index is 10.8. The first kappa shape index (κ1) is 14.0. The molecule has 1 aromatic carbocycles. The van der Waals surface area contributed by atoms with E-state index >= 15 is 0 Å². The number of hydrogen-bond acceptors (Lipinski definition) is 4. The molecule has 17 heavy (non-hydrogen) atoms. The van der Waals surface area contributed by atoms with Crippen molar-refractivity contribution in [1.29, 1.82) is 5.26 Å². The van der Waals surface area contributed by atoms with Gasteiger partial charge in [-0.15, -0.1) is 0 Å². The molecule has 1 rings (SSSR count). The number of rotatable bonds is 5. The Morgan fingerprint density at radius 3 is 2.65 bits per heavy atom. The van der Waals surface area contributed by atoms with E-state index in [1.165, 1.54) is 0 Å². The summed E-state index contributed by atoms with van der Waals surface area (Å²) < 4.78 is 24.7. The summed E-state index contributed by atoms with van der Waals surface area (Å²) in [6, 6.07) is 7.28. The highest BCUT2D eigenvalue weighted by Gasteiger charge is 2.01. The van der Waals surface area contributed by atoms with Crippen LogP contribution in [0.3, 0.4) is 0 Å². The van der Waals surface area contributed by atoms with Crippen LogP contribution >= 0.6 is 15.9 Å². The molecule has 0 aromatic heterocycles. The quantitative estimate of drug-likeness (QED) is 0.801. The normalized spacial score (nSPS) is 10.9. The molecular formula is C10H12BrN3O2S. The standard InChI is InChI=1S/C10H12BrN3O2S/c1-17(15,16)14-5-4-13-9-3-2-8(7-12)10(11)6-9/h2-3,6,13-14H,4-5H2,1H3. The first-order valence-electron chi connectivity index (χ1n) is 4.80. The molecule has 0 spiro atoms. The Morgan fingerprint density at radius 1 is 1.41 bits per heavy atom. The SMILES string of the molecule is CS(=O)(=O)NCCNc1ccc(C#N)c(Br)c1. The molecule has 0 aliphatic heterocycles. The van der Waals surface area contributed by atoms with Gasteiger partial charge in [0.1, 0.15) is 6.07 Å². The van der Waals surface area contributed by atoms with Crippen LogP contribution < -0.4 is 10.0 Å².